The molecule has 0 aromatic heterocycles. The van der Waals surface area contributed by atoms with Crippen molar-refractivity contribution in [3.8, 4) is 11.5 Å². The molecule has 0 N–H and O–H groups in total. The van der Waals surface area contributed by atoms with Crippen LogP contribution >= 0.6 is 27.5 Å². The summed E-state index contributed by atoms with van der Waals surface area (Å²) >= 11 is 9.28. The third kappa shape index (κ3) is 5.87. The molecule has 0 spiro atoms. The van der Waals surface area contributed by atoms with Crippen LogP contribution in [0.25, 0.3) is 0 Å². The number of hydrogen-bond acceptors (Lipinski definition) is 4. The average Bonchev–Trinajstić information content (AvgIpc) is 2.47. The quantitative estimate of drug-likeness (QED) is 0.467. The van der Waals surface area contributed by atoms with Gasteiger partial charge in [0, 0.05) is 26.2 Å². The van der Waals surface area contributed by atoms with Crippen molar-refractivity contribution in [3.05, 3.63) is 22.2 Å². The molecule has 0 heterocycles. The summed E-state index contributed by atoms with van der Waals surface area (Å²) in [7, 11) is 3.28. The van der Waals surface area contributed by atoms with E-state index < -0.39 is 0 Å². The van der Waals surface area contributed by atoms with Crippen LogP contribution in [0.5, 0.6) is 11.5 Å². The van der Waals surface area contributed by atoms with Gasteiger partial charge in [0.05, 0.1) is 18.2 Å². The van der Waals surface area contributed by atoms with E-state index in [9.17, 15) is 0 Å². The first-order chi connectivity index (χ1) is 9.72. The van der Waals surface area contributed by atoms with Crippen LogP contribution < -0.4 is 9.47 Å². The van der Waals surface area contributed by atoms with Crippen LogP contribution in [-0.2, 0) is 15.4 Å². The van der Waals surface area contributed by atoms with Gasteiger partial charge in [0.15, 0.2) is 11.5 Å². The van der Waals surface area contributed by atoms with Gasteiger partial charge in [-0.2, -0.15) is 0 Å². The lowest BCUT2D eigenvalue weighted by molar-refractivity contribution is 0.0797. The average molecular weight is 368 g/mol. The molecule has 0 unspecified atom stereocenters. The van der Waals surface area contributed by atoms with Crippen molar-refractivity contribution in [2.75, 3.05) is 40.6 Å². The standard InChI is InChI=1S/C14H20BrClO4/c1-17-4-3-5-19-6-7-20-14-12(15)8-11(10-16)9-13(14)18-2/h8-9H,3-7,10H2,1-2H3. The van der Waals surface area contributed by atoms with Crippen molar-refractivity contribution >= 4 is 27.5 Å². The summed E-state index contributed by atoms with van der Waals surface area (Å²) < 4.78 is 22.2. The Balaban J connectivity index is 2.43. The van der Waals surface area contributed by atoms with Gasteiger partial charge in [-0.3, -0.25) is 0 Å². The van der Waals surface area contributed by atoms with Gasteiger partial charge in [-0.05, 0) is 40.0 Å². The largest absolute Gasteiger partial charge is 0.493 e. The molecule has 1 aromatic carbocycles. The minimum Gasteiger partial charge on any atom is -0.493 e. The molecule has 0 amide bonds. The van der Waals surface area contributed by atoms with E-state index in [1.807, 2.05) is 12.1 Å². The lowest BCUT2D eigenvalue weighted by atomic mass is 10.2. The molecule has 6 heteroatoms. The first-order valence-electron chi connectivity index (χ1n) is 6.34. The zero-order valence-corrected chi connectivity index (χ0v) is 14.1. The molecule has 4 nitrogen and oxygen atoms in total. The fourth-order valence-corrected chi connectivity index (χ4v) is 2.36. The van der Waals surface area contributed by atoms with E-state index in [1.54, 1.807) is 14.2 Å². The molecular formula is C14H20BrClO4. The molecule has 0 aliphatic rings. The van der Waals surface area contributed by atoms with Crippen LogP contribution in [0.2, 0.25) is 0 Å². The molecule has 1 rings (SSSR count). The summed E-state index contributed by atoms with van der Waals surface area (Å²) in [5.74, 6) is 1.76. The van der Waals surface area contributed by atoms with E-state index in [4.69, 9.17) is 30.5 Å². The SMILES string of the molecule is COCCCOCCOc1c(Br)cc(CCl)cc1OC. The predicted octanol–water partition coefficient (Wildman–Crippen LogP) is 3.63. The van der Waals surface area contributed by atoms with Crippen LogP contribution in [-0.4, -0.2) is 40.6 Å². The number of alkyl halides is 1. The van der Waals surface area contributed by atoms with Crippen molar-refractivity contribution in [2.24, 2.45) is 0 Å². The summed E-state index contributed by atoms with van der Waals surface area (Å²) in [6, 6.07) is 3.79. The summed E-state index contributed by atoms with van der Waals surface area (Å²) in [4.78, 5) is 0. The summed E-state index contributed by atoms with van der Waals surface area (Å²) in [6.07, 6.45) is 0.883. The van der Waals surface area contributed by atoms with Gasteiger partial charge in [0.25, 0.3) is 0 Å². The Bertz CT molecular complexity index is 401. The second kappa shape index (κ2) is 10.3. The van der Waals surface area contributed by atoms with Gasteiger partial charge < -0.3 is 18.9 Å². The highest BCUT2D eigenvalue weighted by Gasteiger charge is 2.11. The lowest BCUT2D eigenvalue weighted by Crippen LogP contribution is -2.09. The minimum absolute atomic E-state index is 0.428. The number of hydrogen-bond donors (Lipinski definition) is 0. The molecule has 0 aliphatic carbocycles. The Kier molecular flexibility index (Phi) is 9.02. The molecule has 114 valence electrons. The van der Waals surface area contributed by atoms with Gasteiger partial charge in [-0.1, -0.05) is 0 Å². The van der Waals surface area contributed by atoms with Crippen molar-refractivity contribution in [3.63, 3.8) is 0 Å². The van der Waals surface area contributed by atoms with E-state index in [-0.39, 0.29) is 0 Å². The third-order valence-corrected chi connectivity index (χ3v) is 3.45. The molecule has 0 bridgehead atoms. The normalized spacial score (nSPS) is 10.6. The molecule has 0 saturated carbocycles. The van der Waals surface area contributed by atoms with Gasteiger partial charge in [-0.25, -0.2) is 0 Å². The Morgan fingerprint density at radius 3 is 2.55 bits per heavy atom. The third-order valence-electron chi connectivity index (χ3n) is 2.55. The Morgan fingerprint density at radius 2 is 1.90 bits per heavy atom. The topological polar surface area (TPSA) is 36.9 Å². The molecule has 0 fully saturated rings. The van der Waals surface area contributed by atoms with Gasteiger partial charge in [0.1, 0.15) is 6.61 Å². The molecule has 0 aliphatic heterocycles. The maximum Gasteiger partial charge on any atom is 0.175 e. The van der Waals surface area contributed by atoms with Crippen molar-refractivity contribution in [1.29, 1.82) is 0 Å². The van der Waals surface area contributed by atoms with Crippen LogP contribution in [0.15, 0.2) is 16.6 Å². The van der Waals surface area contributed by atoms with E-state index >= 15 is 0 Å². The van der Waals surface area contributed by atoms with Crippen LogP contribution in [0.3, 0.4) is 0 Å². The van der Waals surface area contributed by atoms with E-state index in [1.165, 1.54) is 0 Å². The Labute approximate surface area is 133 Å². The lowest BCUT2D eigenvalue weighted by Gasteiger charge is -2.14. The van der Waals surface area contributed by atoms with Gasteiger partial charge >= 0.3 is 0 Å². The highest BCUT2D eigenvalue weighted by Crippen LogP contribution is 2.36. The van der Waals surface area contributed by atoms with Gasteiger partial charge in [-0.15, -0.1) is 11.6 Å². The number of rotatable bonds is 10. The molecule has 1 aromatic rings. The number of halogens is 2. The molecule has 0 radical (unpaired) electrons. The molecule has 0 saturated heterocycles. The summed E-state index contributed by atoms with van der Waals surface area (Å²) in [5, 5.41) is 0. The minimum atomic E-state index is 0.428. The maximum absolute atomic E-state index is 5.82. The fraction of sp³-hybridized carbons (Fsp3) is 0.571. The molecule has 0 atom stereocenters. The Morgan fingerprint density at radius 1 is 1.10 bits per heavy atom. The predicted molar refractivity (Wildman–Crippen MR) is 83.1 cm³/mol. The number of methoxy groups -OCH3 is 2. The summed E-state index contributed by atoms with van der Waals surface area (Å²) in [6.45, 7) is 2.36. The monoisotopic (exact) mass is 366 g/mol. The second-order valence-electron chi connectivity index (χ2n) is 4.05. The van der Waals surface area contributed by atoms with E-state index in [0.717, 1.165) is 16.5 Å². The highest BCUT2D eigenvalue weighted by molar-refractivity contribution is 9.10. The fourth-order valence-electron chi connectivity index (χ4n) is 1.60. The Hall–Kier alpha value is -0.490. The van der Waals surface area contributed by atoms with Crippen LogP contribution in [0.1, 0.15) is 12.0 Å². The molecular weight excluding hydrogens is 348 g/mol. The van der Waals surface area contributed by atoms with Crippen LogP contribution in [0.4, 0.5) is 0 Å². The smallest absolute Gasteiger partial charge is 0.175 e. The van der Waals surface area contributed by atoms with Crippen molar-refractivity contribution < 1.29 is 18.9 Å². The van der Waals surface area contributed by atoms with Crippen molar-refractivity contribution in [1.82, 2.24) is 0 Å². The molecule has 20 heavy (non-hydrogen) atoms. The van der Waals surface area contributed by atoms with E-state index in [2.05, 4.69) is 15.9 Å². The second-order valence-corrected chi connectivity index (χ2v) is 5.17. The number of benzene rings is 1. The first-order valence-corrected chi connectivity index (χ1v) is 7.67. The maximum atomic E-state index is 5.82. The zero-order chi connectivity index (χ0) is 14.8. The zero-order valence-electron chi connectivity index (χ0n) is 11.8. The van der Waals surface area contributed by atoms with Crippen LogP contribution in [0, 0.1) is 0 Å². The van der Waals surface area contributed by atoms with Gasteiger partial charge in [0.2, 0.25) is 0 Å². The highest BCUT2D eigenvalue weighted by atomic mass is 79.9. The first kappa shape index (κ1) is 17.6. The summed E-state index contributed by atoms with van der Waals surface area (Å²) in [5.41, 5.74) is 0.971. The number of ether oxygens (including phenoxy) is 4. The van der Waals surface area contributed by atoms with E-state index in [0.29, 0.717) is 43.8 Å². The van der Waals surface area contributed by atoms with Crippen molar-refractivity contribution in [2.45, 2.75) is 12.3 Å².